The summed E-state index contributed by atoms with van der Waals surface area (Å²) < 4.78 is 16.1. The van der Waals surface area contributed by atoms with Gasteiger partial charge in [-0.2, -0.15) is 0 Å². The smallest absolute Gasteiger partial charge is 0.377 e. The van der Waals surface area contributed by atoms with Gasteiger partial charge in [-0.15, -0.1) is 0 Å². The third kappa shape index (κ3) is 3.53. The van der Waals surface area contributed by atoms with E-state index in [4.69, 9.17) is 13.3 Å². The number of H-pyrrole nitrogens is 1. The van der Waals surface area contributed by atoms with E-state index in [9.17, 15) is 4.79 Å². The van der Waals surface area contributed by atoms with Gasteiger partial charge in [-0.1, -0.05) is 0 Å². The van der Waals surface area contributed by atoms with E-state index in [1.54, 1.807) is 32.6 Å². The van der Waals surface area contributed by atoms with E-state index >= 15 is 0 Å². The van der Waals surface area contributed by atoms with Gasteiger partial charge in [-0.3, -0.25) is 4.79 Å². The van der Waals surface area contributed by atoms with Crippen LogP contribution in [-0.4, -0.2) is 53.1 Å². The summed E-state index contributed by atoms with van der Waals surface area (Å²) in [6.07, 6.45) is 3.18. The molecule has 0 unspecified atom stereocenters. The minimum Gasteiger partial charge on any atom is -0.377 e. The molecule has 0 aliphatic heterocycles. The maximum Gasteiger partial charge on any atom is 0.500 e. The number of hydrogen-bond acceptors (Lipinski definition) is 5. The van der Waals surface area contributed by atoms with Gasteiger partial charge >= 0.3 is 8.80 Å². The van der Waals surface area contributed by atoms with Gasteiger partial charge in [0.05, 0.1) is 17.4 Å². The molecule has 1 N–H and O–H groups in total. The minimum atomic E-state index is -2.59. The van der Waals surface area contributed by atoms with E-state index in [0.29, 0.717) is 12.6 Å². The van der Waals surface area contributed by atoms with Crippen LogP contribution in [0.5, 0.6) is 0 Å². The summed E-state index contributed by atoms with van der Waals surface area (Å²) >= 11 is 0. The molecule has 1 aromatic carbocycles. The molecule has 0 aliphatic carbocycles. The third-order valence-electron chi connectivity index (χ3n) is 3.68. The van der Waals surface area contributed by atoms with Crippen LogP contribution >= 0.6 is 0 Å². The zero-order valence-electron chi connectivity index (χ0n) is 13.0. The van der Waals surface area contributed by atoms with Crippen molar-refractivity contribution in [3.63, 3.8) is 0 Å². The normalized spacial score (nSPS) is 11.8. The van der Waals surface area contributed by atoms with Crippen LogP contribution in [-0.2, 0) is 18.1 Å². The molecule has 8 heteroatoms. The highest BCUT2D eigenvalue weighted by molar-refractivity contribution is 6.60. The van der Waals surface area contributed by atoms with Gasteiger partial charge in [-0.25, -0.2) is 4.98 Å². The van der Waals surface area contributed by atoms with Crippen molar-refractivity contribution < 1.29 is 18.1 Å². The number of imidazole rings is 1. The molecular formula is C14H21N3O4Si. The van der Waals surface area contributed by atoms with Crippen LogP contribution in [0, 0.1) is 0 Å². The van der Waals surface area contributed by atoms with E-state index in [1.807, 2.05) is 18.2 Å². The average Bonchev–Trinajstić information content (AvgIpc) is 3.03. The lowest BCUT2D eigenvalue weighted by Gasteiger charge is -2.25. The van der Waals surface area contributed by atoms with Crippen molar-refractivity contribution in [3.05, 3.63) is 24.5 Å². The zero-order valence-corrected chi connectivity index (χ0v) is 14.0. The van der Waals surface area contributed by atoms with Gasteiger partial charge in [0.2, 0.25) is 6.41 Å². The van der Waals surface area contributed by atoms with Crippen molar-refractivity contribution in [3.8, 4) is 0 Å². The summed E-state index contributed by atoms with van der Waals surface area (Å²) in [4.78, 5) is 20.2. The number of aromatic amines is 1. The number of aromatic nitrogens is 2. The van der Waals surface area contributed by atoms with Crippen LogP contribution in [0.1, 0.15) is 6.42 Å². The number of carbonyl (C=O) groups is 1. The van der Waals surface area contributed by atoms with Gasteiger partial charge in [0, 0.05) is 39.6 Å². The maximum atomic E-state index is 11.4. The third-order valence-corrected chi connectivity index (χ3v) is 6.51. The Kier molecular flexibility index (Phi) is 5.67. The summed E-state index contributed by atoms with van der Waals surface area (Å²) in [6.45, 7) is 0.563. The number of carbonyl (C=O) groups excluding carboxylic acids is 1. The van der Waals surface area contributed by atoms with Gasteiger partial charge in [0.25, 0.3) is 0 Å². The fraction of sp³-hybridized carbons (Fsp3) is 0.429. The lowest BCUT2D eigenvalue weighted by atomic mass is 10.2. The largest absolute Gasteiger partial charge is 0.500 e. The molecule has 0 fully saturated rings. The number of rotatable bonds is 9. The molecule has 0 saturated carbocycles. The highest BCUT2D eigenvalue weighted by Gasteiger charge is 2.37. The van der Waals surface area contributed by atoms with E-state index < -0.39 is 8.80 Å². The Morgan fingerprint density at radius 2 is 2.00 bits per heavy atom. The Bertz CT molecular complexity index is 607. The second kappa shape index (κ2) is 7.50. The zero-order chi connectivity index (χ0) is 16.0. The molecule has 120 valence electrons. The summed E-state index contributed by atoms with van der Waals surface area (Å²) in [5.41, 5.74) is 2.60. The molecule has 0 bridgehead atoms. The van der Waals surface area contributed by atoms with Crippen LogP contribution in [0.3, 0.4) is 0 Å². The van der Waals surface area contributed by atoms with E-state index in [1.165, 1.54) is 0 Å². The molecule has 1 heterocycles. The quantitative estimate of drug-likeness (QED) is 0.562. The fourth-order valence-electron chi connectivity index (χ4n) is 2.37. The first-order chi connectivity index (χ1) is 10.7. The second-order valence-electron chi connectivity index (χ2n) is 4.80. The predicted octanol–water partition coefficient (Wildman–Crippen LogP) is 1.79. The topological polar surface area (TPSA) is 76.7 Å². The predicted molar refractivity (Wildman–Crippen MR) is 85.7 cm³/mol. The summed E-state index contributed by atoms with van der Waals surface area (Å²) in [6, 6.07) is 6.32. The molecule has 7 nitrogen and oxygen atoms in total. The van der Waals surface area contributed by atoms with Gasteiger partial charge < -0.3 is 23.2 Å². The van der Waals surface area contributed by atoms with Crippen molar-refractivity contribution in [1.29, 1.82) is 0 Å². The molecule has 0 radical (unpaired) electrons. The first-order valence-corrected chi connectivity index (χ1v) is 8.91. The Morgan fingerprint density at radius 3 is 2.64 bits per heavy atom. The van der Waals surface area contributed by atoms with Crippen LogP contribution in [0.2, 0.25) is 6.04 Å². The molecule has 1 aromatic heterocycles. The number of nitrogens with one attached hydrogen (secondary N) is 1. The van der Waals surface area contributed by atoms with Crippen molar-refractivity contribution >= 4 is 31.9 Å². The number of hydrogen-bond donors (Lipinski definition) is 1. The SMILES string of the molecule is CO[Si](CCCN(C=O)c1ccc2nc[nH]c2c1)(OC)OC. The van der Waals surface area contributed by atoms with Gasteiger partial charge in [-0.05, 0) is 24.6 Å². The first kappa shape index (κ1) is 16.6. The summed E-state index contributed by atoms with van der Waals surface area (Å²) in [7, 11) is 2.17. The monoisotopic (exact) mass is 323 g/mol. The lowest BCUT2D eigenvalue weighted by Crippen LogP contribution is -2.43. The van der Waals surface area contributed by atoms with E-state index in [0.717, 1.165) is 29.6 Å². The molecule has 2 aromatic rings. The maximum absolute atomic E-state index is 11.4. The van der Waals surface area contributed by atoms with Crippen LogP contribution in [0.25, 0.3) is 11.0 Å². The van der Waals surface area contributed by atoms with E-state index in [-0.39, 0.29) is 0 Å². The molecule has 0 atom stereocenters. The highest BCUT2D eigenvalue weighted by Crippen LogP contribution is 2.21. The Hall–Kier alpha value is -1.74. The molecule has 0 spiro atoms. The number of benzene rings is 1. The molecule has 1 amide bonds. The molecule has 0 saturated heterocycles. The van der Waals surface area contributed by atoms with Crippen LogP contribution in [0.4, 0.5) is 5.69 Å². The Balaban J connectivity index is 2.01. The Labute approximate surface area is 130 Å². The summed E-state index contributed by atoms with van der Waals surface area (Å²) in [5.74, 6) is 0. The average molecular weight is 323 g/mol. The first-order valence-electron chi connectivity index (χ1n) is 6.98. The number of amides is 1. The Morgan fingerprint density at radius 1 is 1.27 bits per heavy atom. The van der Waals surface area contributed by atoms with Crippen molar-refractivity contribution in [2.24, 2.45) is 0 Å². The van der Waals surface area contributed by atoms with Gasteiger partial charge in [0.1, 0.15) is 0 Å². The lowest BCUT2D eigenvalue weighted by molar-refractivity contribution is -0.107. The fourth-order valence-corrected chi connectivity index (χ4v) is 4.07. The molecule has 22 heavy (non-hydrogen) atoms. The molecular weight excluding hydrogens is 302 g/mol. The minimum absolute atomic E-state index is 0.563. The number of nitrogens with zero attached hydrogens (tertiary/aromatic N) is 2. The number of anilines is 1. The second-order valence-corrected chi connectivity index (χ2v) is 7.89. The van der Waals surface area contributed by atoms with Crippen molar-refractivity contribution in [2.45, 2.75) is 12.5 Å². The van der Waals surface area contributed by atoms with Gasteiger partial charge in [0.15, 0.2) is 0 Å². The van der Waals surface area contributed by atoms with Crippen molar-refractivity contribution in [2.75, 3.05) is 32.8 Å². The summed E-state index contributed by atoms with van der Waals surface area (Å²) in [5, 5.41) is 0. The number of fused-ring (bicyclic) bond motifs is 1. The molecule has 2 rings (SSSR count). The van der Waals surface area contributed by atoms with Crippen molar-refractivity contribution in [1.82, 2.24) is 9.97 Å². The van der Waals surface area contributed by atoms with Crippen LogP contribution in [0.15, 0.2) is 24.5 Å². The standard InChI is InChI=1S/C14H21N3O4Si/c1-19-22(20-2,21-3)8-4-7-17(11-18)12-5-6-13-14(9-12)16-10-15-13/h5-6,9-11H,4,7-8H2,1-3H3,(H,15,16). The highest BCUT2D eigenvalue weighted by atomic mass is 28.4. The van der Waals surface area contributed by atoms with Crippen LogP contribution < -0.4 is 4.90 Å². The van der Waals surface area contributed by atoms with E-state index in [2.05, 4.69) is 9.97 Å². The molecule has 0 aliphatic rings.